The van der Waals surface area contributed by atoms with Crippen molar-refractivity contribution >= 4 is 32.7 Å². The minimum Gasteiger partial charge on any atom is -0.354 e. The summed E-state index contributed by atoms with van der Waals surface area (Å²) < 4.78 is 12.4. The van der Waals surface area contributed by atoms with Crippen molar-refractivity contribution in [2.75, 3.05) is 0 Å². The van der Waals surface area contributed by atoms with E-state index < -0.39 is 0 Å². The standard InChI is InChI=1S/C39H31N3O2/c43-39-34-20-31-24-10-12-25(13-11-24)32(31)21-38(34)42-35-16-14-26(18-28(35)22-44-23-40(39)42)27-15-17-37-33(19-27)30-8-4-5-9-36(30)41(37)29-6-2-1-3-7-29/h1-9,14-21,24-25H,10-13,22-23H2. The van der Waals surface area contributed by atoms with Crippen LogP contribution in [-0.4, -0.2) is 13.9 Å². The molecule has 7 aromatic rings. The van der Waals surface area contributed by atoms with Crippen LogP contribution in [0.3, 0.4) is 0 Å². The quantitative estimate of drug-likeness (QED) is 0.207. The molecule has 214 valence electrons. The lowest BCUT2D eigenvalue weighted by atomic mass is 9.67. The molecule has 0 saturated heterocycles. The molecule has 1 fully saturated rings. The molecule has 5 nitrogen and oxygen atoms in total. The summed E-state index contributed by atoms with van der Waals surface area (Å²) >= 11 is 0. The van der Waals surface area contributed by atoms with Crippen LogP contribution >= 0.6 is 0 Å². The van der Waals surface area contributed by atoms with Gasteiger partial charge in [-0.1, -0.05) is 48.5 Å². The van der Waals surface area contributed by atoms with Crippen LogP contribution in [0.1, 0.15) is 54.2 Å². The maximum atomic E-state index is 13.7. The number of para-hydroxylation sites is 2. The van der Waals surface area contributed by atoms with E-state index in [1.807, 2.05) is 0 Å². The minimum absolute atomic E-state index is 0.0430. The van der Waals surface area contributed by atoms with Crippen molar-refractivity contribution in [3.8, 4) is 22.5 Å². The number of aromatic nitrogens is 3. The molecule has 2 aromatic heterocycles. The van der Waals surface area contributed by atoms with Crippen LogP contribution in [0.2, 0.25) is 0 Å². The molecule has 44 heavy (non-hydrogen) atoms. The zero-order valence-corrected chi connectivity index (χ0v) is 24.4. The molecule has 1 saturated carbocycles. The van der Waals surface area contributed by atoms with Gasteiger partial charge < -0.3 is 9.30 Å². The maximum absolute atomic E-state index is 13.7. The molecular weight excluding hydrogens is 542 g/mol. The topological polar surface area (TPSA) is 41.1 Å². The normalized spacial score (nSPS) is 18.8. The Hall–Kier alpha value is -4.87. The predicted molar refractivity (Wildman–Crippen MR) is 176 cm³/mol. The number of nitrogens with zero attached hydrogens (tertiary/aromatic N) is 3. The monoisotopic (exact) mass is 573 g/mol. The number of hydrogen-bond acceptors (Lipinski definition) is 2. The van der Waals surface area contributed by atoms with Gasteiger partial charge in [-0.05, 0) is 114 Å². The van der Waals surface area contributed by atoms with Crippen LogP contribution < -0.4 is 5.56 Å². The van der Waals surface area contributed by atoms with Gasteiger partial charge in [0.1, 0.15) is 6.73 Å². The van der Waals surface area contributed by atoms with Gasteiger partial charge in [0.25, 0.3) is 5.56 Å². The lowest BCUT2D eigenvalue weighted by Crippen LogP contribution is -2.22. The first-order valence-electron chi connectivity index (χ1n) is 15.8. The van der Waals surface area contributed by atoms with Crippen molar-refractivity contribution in [3.05, 3.63) is 130 Å². The molecule has 5 aromatic carbocycles. The summed E-state index contributed by atoms with van der Waals surface area (Å²) in [5.74, 6) is 1.23. The van der Waals surface area contributed by atoms with E-state index in [0.29, 0.717) is 18.4 Å². The molecule has 0 N–H and O–H groups in total. The van der Waals surface area contributed by atoms with E-state index in [2.05, 4.69) is 112 Å². The van der Waals surface area contributed by atoms with E-state index in [-0.39, 0.29) is 12.3 Å². The Morgan fingerprint density at radius 1 is 0.614 bits per heavy atom. The van der Waals surface area contributed by atoms with Crippen LogP contribution in [0.5, 0.6) is 0 Å². The van der Waals surface area contributed by atoms with Gasteiger partial charge in [-0.2, -0.15) is 0 Å². The van der Waals surface area contributed by atoms with Gasteiger partial charge >= 0.3 is 0 Å². The Morgan fingerprint density at radius 3 is 2.16 bits per heavy atom. The van der Waals surface area contributed by atoms with Crippen LogP contribution in [0.4, 0.5) is 0 Å². The van der Waals surface area contributed by atoms with E-state index >= 15 is 0 Å². The van der Waals surface area contributed by atoms with Gasteiger partial charge in [0, 0.05) is 22.0 Å². The highest BCUT2D eigenvalue weighted by Gasteiger charge is 2.34. The predicted octanol–water partition coefficient (Wildman–Crippen LogP) is 8.80. The number of hydrogen-bond donors (Lipinski definition) is 0. The number of benzene rings is 5. The van der Waals surface area contributed by atoms with Crippen molar-refractivity contribution < 1.29 is 4.74 Å². The average Bonchev–Trinajstić information content (AvgIpc) is 3.46. The summed E-state index contributed by atoms with van der Waals surface area (Å²) in [7, 11) is 0. The summed E-state index contributed by atoms with van der Waals surface area (Å²) in [5.41, 5.74) is 11.9. The fourth-order valence-corrected chi connectivity index (χ4v) is 8.46. The molecule has 1 aliphatic heterocycles. The van der Waals surface area contributed by atoms with Crippen LogP contribution in [0, 0.1) is 0 Å². The van der Waals surface area contributed by atoms with Crippen molar-refractivity contribution in [1.29, 1.82) is 0 Å². The number of rotatable bonds is 2. The van der Waals surface area contributed by atoms with Crippen LogP contribution in [0.15, 0.2) is 108 Å². The second-order valence-electron chi connectivity index (χ2n) is 12.8. The molecule has 0 amide bonds. The first-order chi connectivity index (χ1) is 21.7. The second kappa shape index (κ2) is 9.07. The highest BCUT2D eigenvalue weighted by molar-refractivity contribution is 6.10. The van der Waals surface area contributed by atoms with Crippen LogP contribution in [-0.2, 0) is 18.1 Å². The molecular formula is C39H31N3O2. The average molecular weight is 574 g/mol. The van der Waals surface area contributed by atoms with Crippen molar-refractivity contribution in [1.82, 2.24) is 13.9 Å². The fraction of sp³-hybridized carbons (Fsp3) is 0.205. The molecule has 5 heteroatoms. The first-order valence-corrected chi connectivity index (χ1v) is 15.8. The Morgan fingerprint density at radius 2 is 1.32 bits per heavy atom. The van der Waals surface area contributed by atoms with Crippen molar-refractivity contribution in [2.45, 2.75) is 50.9 Å². The molecule has 4 aliphatic rings. The summed E-state index contributed by atoms with van der Waals surface area (Å²) in [6.45, 7) is 0.712. The molecule has 0 spiro atoms. The molecule has 0 radical (unpaired) electrons. The largest absolute Gasteiger partial charge is 0.354 e. The Kier molecular flexibility index (Phi) is 5.06. The van der Waals surface area contributed by atoms with E-state index in [1.54, 1.807) is 4.68 Å². The molecule has 2 bridgehead atoms. The fourth-order valence-electron chi connectivity index (χ4n) is 8.46. The second-order valence-corrected chi connectivity index (χ2v) is 12.8. The maximum Gasteiger partial charge on any atom is 0.277 e. The molecule has 3 aliphatic carbocycles. The number of fused-ring (bicyclic) bond motifs is 10. The van der Waals surface area contributed by atoms with Gasteiger partial charge in [0.2, 0.25) is 0 Å². The van der Waals surface area contributed by atoms with Crippen LogP contribution in [0.25, 0.3) is 55.2 Å². The SMILES string of the molecule is O=c1c2cc3c(cc2n2n1COCc1cc(-c4ccc5c(c4)c4ccccc4n5-c4ccccc4)ccc1-2)C1CCC3CC1. The summed E-state index contributed by atoms with van der Waals surface area (Å²) in [6.07, 6.45) is 5.05. The van der Waals surface area contributed by atoms with E-state index in [1.165, 1.54) is 64.2 Å². The van der Waals surface area contributed by atoms with Gasteiger partial charge in [0.15, 0.2) is 0 Å². The lowest BCUT2D eigenvalue weighted by molar-refractivity contribution is 0.0574. The third kappa shape index (κ3) is 3.36. The smallest absolute Gasteiger partial charge is 0.277 e. The molecule has 3 heterocycles. The highest BCUT2D eigenvalue weighted by atomic mass is 16.5. The molecule has 0 atom stereocenters. The number of ether oxygens (including phenoxy) is 1. The highest BCUT2D eigenvalue weighted by Crippen LogP contribution is 2.50. The van der Waals surface area contributed by atoms with Gasteiger partial charge in [0.05, 0.1) is 34.2 Å². The summed E-state index contributed by atoms with van der Waals surface area (Å²) in [4.78, 5) is 13.7. The lowest BCUT2D eigenvalue weighted by Gasteiger charge is -2.38. The third-order valence-electron chi connectivity index (χ3n) is 10.5. The Labute approximate surface area is 254 Å². The van der Waals surface area contributed by atoms with Gasteiger partial charge in [-0.25, -0.2) is 9.36 Å². The van der Waals surface area contributed by atoms with Gasteiger partial charge in [-0.3, -0.25) is 4.79 Å². The zero-order valence-electron chi connectivity index (χ0n) is 24.4. The Balaban J connectivity index is 1.13. The van der Waals surface area contributed by atoms with Crippen molar-refractivity contribution in [2.24, 2.45) is 0 Å². The van der Waals surface area contributed by atoms with E-state index in [4.69, 9.17) is 4.74 Å². The van der Waals surface area contributed by atoms with E-state index in [9.17, 15) is 4.79 Å². The zero-order chi connectivity index (χ0) is 28.9. The summed E-state index contributed by atoms with van der Waals surface area (Å²) in [5, 5.41) is 3.29. The first kappa shape index (κ1) is 24.6. The molecule has 0 unspecified atom stereocenters. The van der Waals surface area contributed by atoms with Crippen molar-refractivity contribution in [3.63, 3.8) is 0 Å². The Bertz CT molecular complexity index is 2350. The summed E-state index contributed by atoms with van der Waals surface area (Å²) in [6, 6.07) is 37.2. The third-order valence-corrected chi connectivity index (χ3v) is 10.5. The van der Waals surface area contributed by atoms with Gasteiger partial charge in [-0.15, -0.1) is 0 Å². The molecule has 11 rings (SSSR count). The van der Waals surface area contributed by atoms with E-state index in [0.717, 1.165) is 33.4 Å². The minimum atomic E-state index is 0.0430.